The molecule has 0 radical (unpaired) electrons. The Hall–Kier alpha value is -2.21. The van der Waals surface area contributed by atoms with Crippen LogP contribution in [0.4, 0.5) is 5.82 Å². The Labute approximate surface area is 165 Å². The van der Waals surface area contributed by atoms with E-state index in [4.69, 9.17) is 0 Å². The Balaban J connectivity index is 1.90. The third-order valence-corrected chi connectivity index (χ3v) is 7.57. The molecule has 3 rings (SSSR count). The summed E-state index contributed by atoms with van der Waals surface area (Å²) in [6.07, 6.45) is 4.57. The first kappa shape index (κ1) is 20.5. The quantitative estimate of drug-likeness (QED) is 0.709. The molecule has 0 saturated heterocycles. The zero-order valence-electron chi connectivity index (χ0n) is 15.9. The minimum atomic E-state index is -3.92. The van der Waals surface area contributed by atoms with Crippen molar-refractivity contribution in [2.24, 2.45) is 7.05 Å². The average molecular weight is 426 g/mol. The molecule has 0 aliphatic carbocycles. The first-order valence-corrected chi connectivity index (χ1v) is 11.5. The van der Waals surface area contributed by atoms with Gasteiger partial charge in [0.25, 0.3) is 10.0 Å². The first-order valence-electron chi connectivity index (χ1n) is 8.60. The summed E-state index contributed by atoms with van der Waals surface area (Å²) < 4.78 is 55.0. The van der Waals surface area contributed by atoms with E-state index in [-0.39, 0.29) is 15.6 Å². The normalized spacial score (nSPS) is 15.5. The summed E-state index contributed by atoms with van der Waals surface area (Å²) in [6.45, 7) is 1.53. The SMILES string of the molecule is CN(C)S(=O)(=O)c1ccc(S(=O)(=O)Nc2nn(C)cc2C2=CCNCC2)cc1. The van der Waals surface area contributed by atoms with Crippen LogP contribution in [0.2, 0.25) is 0 Å². The van der Waals surface area contributed by atoms with Gasteiger partial charge in [-0.2, -0.15) is 5.10 Å². The van der Waals surface area contributed by atoms with Crippen molar-refractivity contribution in [1.29, 1.82) is 0 Å². The van der Waals surface area contributed by atoms with Crippen LogP contribution in [-0.4, -0.2) is 58.1 Å². The lowest BCUT2D eigenvalue weighted by Crippen LogP contribution is -2.22. The molecule has 1 aromatic carbocycles. The van der Waals surface area contributed by atoms with Gasteiger partial charge in [-0.1, -0.05) is 6.08 Å². The van der Waals surface area contributed by atoms with Gasteiger partial charge in [0.05, 0.1) is 9.79 Å². The number of hydrogen-bond acceptors (Lipinski definition) is 6. The van der Waals surface area contributed by atoms with E-state index < -0.39 is 20.0 Å². The molecule has 2 aromatic rings. The van der Waals surface area contributed by atoms with Gasteiger partial charge in [0, 0.05) is 39.4 Å². The lowest BCUT2D eigenvalue weighted by Gasteiger charge is -2.15. The van der Waals surface area contributed by atoms with Gasteiger partial charge in [-0.15, -0.1) is 0 Å². The zero-order chi connectivity index (χ0) is 20.5. The van der Waals surface area contributed by atoms with Crippen LogP contribution in [-0.2, 0) is 27.1 Å². The number of aryl methyl sites for hydroxylation is 1. The number of rotatable bonds is 6. The van der Waals surface area contributed by atoms with Crippen LogP contribution in [0, 0.1) is 0 Å². The van der Waals surface area contributed by atoms with E-state index in [1.165, 1.54) is 38.4 Å². The van der Waals surface area contributed by atoms with Crippen LogP contribution in [0.25, 0.3) is 5.57 Å². The van der Waals surface area contributed by atoms with Crippen LogP contribution in [0.1, 0.15) is 12.0 Å². The standard InChI is InChI=1S/C17H23N5O4S2/c1-21(2)28(25,26)15-6-4-14(5-7-15)27(23,24)20-17-16(12-22(3)19-17)13-8-10-18-11-9-13/h4-8,12,18H,9-11H2,1-3H3,(H,19,20). The molecule has 0 bridgehead atoms. The number of aromatic nitrogens is 2. The molecule has 2 N–H and O–H groups in total. The van der Waals surface area contributed by atoms with Crippen molar-refractivity contribution in [3.05, 3.63) is 42.1 Å². The minimum absolute atomic E-state index is 0.0230. The highest BCUT2D eigenvalue weighted by molar-refractivity contribution is 7.92. The van der Waals surface area contributed by atoms with Gasteiger partial charge in [-0.3, -0.25) is 9.40 Å². The van der Waals surface area contributed by atoms with Crippen LogP contribution >= 0.6 is 0 Å². The van der Waals surface area contributed by atoms with E-state index >= 15 is 0 Å². The molecule has 11 heteroatoms. The summed E-state index contributed by atoms with van der Waals surface area (Å²) >= 11 is 0. The van der Waals surface area contributed by atoms with Gasteiger partial charge in [0.15, 0.2) is 5.82 Å². The molecule has 0 amide bonds. The maximum Gasteiger partial charge on any atom is 0.263 e. The predicted octanol–water partition coefficient (Wildman–Crippen LogP) is 0.848. The second-order valence-corrected chi connectivity index (χ2v) is 10.4. The number of sulfonamides is 2. The Morgan fingerprint density at radius 3 is 2.32 bits per heavy atom. The third-order valence-electron chi connectivity index (χ3n) is 4.38. The van der Waals surface area contributed by atoms with Gasteiger partial charge in [0.2, 0.25) is 10.0 Å². The van der Waals surface area contributed by atoms with Gasteiger partial charge in [0.1, 0.15) is 0 Å². The number of nitrogens with one attached hydrogen (secondary N) is 2. The van der Waals surface area contributed by atoms with E-state index in [9.17, 15) is 16.8 Å². The fourth-order valence-corrected chi connectivity index (χ4v) is 4.77. The molecule has 0 spiro atoms. The topological polar surface area (TPSA) is 113 Å². The van der Waals surface area contributed by atoms with E-state index in [0.717, 1.165) is 35.0 Å². The molecule has 152 valence electrons. The molecule has 1 aromatic heterocycles. The molecular weight excluding hydrogens is 402 g/mol. The van der Waals surface area contributed by atoms with Gasteiger partial charge >= 0.3 is 0 Å². The Kier molecular flexibility index (Phi) is 5.62. The van der Waals surface area contributed by atoms with Crippen LogP contribution in [0.3, 0.4) is 0 Å². The lowest BCUT2D eigenvalue weighted by molar-refractivity contribution is 0.520. The van der Waals surface area contributed by atoms with Crippen molar-refractivity contribution in [1.82, 2.24) is 19.4 Å². The minimum Gasteiger partial charge on any atom is -0.313 e. The zero-order valence-corrected chi connectivity index (χ0v) is 17.5. The molecule has 0 fully saturated rings. The van der Waals surface area contributed by atoms with Crippen molar-refractivity contribution in [2.45, 2.75) is 16.2 Å². The average Bonchev–Trinajstić information content (AvgIpc) is 3.02. The summed E-state index contributed by atoms with van der Waals surface area (Å²) in [6, 6.07) is 5.09. The Bertz CT molecular complexity index is 1100. The second-order valence-electron chi connectivity index (χ2n) is 6.61. The largest absolute Gasteiger partial charge is 0.313 e. The summed E-state index contributed by atoms with van der Waals surface area (Å²) in [5.74, 6) is 0.251. The summed E-state index contributed by atoms with van der Waals surface area (Å²) in [5.41, 5.74) is 1.76. The van der Waals surface area contributed by atoms with Crippen LogP contribution in [0.15, 0.2) is 46.3 Å². The lowest BCUT2D eigenvalue weighted by atomic mass is 10.0. The second kappa shape index (κ2) is 7.66. The van der Waals surface area contributed by atoms with Gasteiger partial charge < -0.3 is 5.32 Å². The van der Waals surface area contributed by atoms with Crippen molar-refractivity contribution in [3.63, 3.8) is 0 Å². The maximum atomic E-state index is 12.8. The molecule has 0 saturated carbocycles. The molecular formula is C17H23N5O4S2. The van der Waals surface area contributed by atoms with Crippen LogP contribution < -0.4 is 10.0 Å². The fraction of sp³-hybridized carbons (Fsp3) is 0.353. The summed E-state index contributed by atoms with van der Waals surface area (Å²) in [5, 5.41) is 7.45. The van der Waals surface area contributed by atoms with Gasteiger partial charge in [-0.25, -0.2) is 21.1 Å². The van der Waals surface area contributed by atoms with E-state index in [1.54, 1.807) is 17.9 Å². The number of nitrogens with zero attached hydrogens (tertiary/aromatic N) is 3. The van der Waals surface area contributed by atoms with E-state index in [2.05, 4.69) is 15.1 Å². The molecule has 1 aliphatic heterocycles. The maximum absolute atomic E-state index is 12.8. The third kappa shape index (κ3) is 4.12. The number of hydrogen-bond donors (Lipinski definition) is 2. The smallest absolute Gasteiger partial charge is 0.263 e. The highest BCUT2D eigenvalue weighted by atomic mass is 32.2. The van der Waals surface area contributed by atoms with Crippen molar-refractivity contribution < 1.29 is 16.8 Å². The Morgan fingerprint density at radius 1 is 1.11 bits per heavy atom. The van der Waals surface area contributed by atoms with Crippen molar-refractivity contribution in [3.8, 4) is 0 Å². The Morgan fingerprint density at radius 2 is 1.75 bits per heavy atom. The molecule has 2 heterocycles. The summed E-state index contributed by atoms with van der Waals surface area (Å²) in [4.78, 5) is -0.0177. The number of benzene rings is 1. The van der Waals surface area contributed by atoms with E-state index in [1.807, 2.05) is 6.08 Å². The van der Waals surface area contributed by atoms with Crippen LogP contribution in [0.5, 0.6) is 0 Å². The number of anilines is 1. The van der Waals surface area contributed by atoms with E-state index in [0.29, 0.717) is 0 Å². The van der Waals surface area contributed by atoms with Crippen molar-refractivity contribution in [2.75, 3.05) is 31.9 Å². The first-order chi connectivity index (χ1) is 13.1. The van der Waals surface area contributed by atoms with Gasteiger partial charge in [-0.05, 0) is 42.8 Å². The highest BCUT2D eigenvalue weighted by Gasteiger charge is 2.22. The highest BCUT2D eigenvalue weighted by Crippen LogP contribution is 2.28. The summed E-state index contributed by atoms with van der Waals surface area (Å²) in [7, 11) is -2.99. The predicted molar refractivity (Wildman–Crippen MR) is 107 cm³/mol. The molecule has 1 aliphatic rings. The molecule has 28 heavy (non-hydrogen) atoms. The molecule has 9 nitrogen and oxygen atoms in total. The molecule has 0 unspecified atom stereocenters. The van der Waals surface area contributed by atoms with Crippen molar-refractivity contribution >= 4 is 31.4 Å². The molecule has 0 atom stereocenters. The fourth-order valence-electron chi connectivity index (χ4n) is 2.85. The monoisotopic (exact) mass is 425 g/mol.